The van der Waals surface area contributed by atoms with E-state index >= 15 is 0 Å². The molecule has 25 nitrogen and oxygen atoms in total. The quantitative estimate of drug-likeness (QED) is 0.0262. The van der Waals surface area contributed by atoms with Crippen molar-refractivity contribution in [1.29, 1.82) is 0 Å². The smallest absolute Gasteiger partial charge is 0.340 e. The van der Waals surface area contributed by atoms with Crippen LogP contribution in [-0.4, -0.2) is 67.6 Å². The largest absolute Gasteiger partial charge is 0.768 e. The molecule has 2 atom stereocenters. The number of carbonyl (C=O) groups is 2. The fourth-order valence-electron chi connectivity index (χ4n) is 5.13. The third-order valence-corrected chi connectivity index (χ3v) is 11.0. The summed E-state index contributed by atoms with van der Waals surface area (Å²) in [6.45, 7) is 1.11. The maximum atomic E-state index is 12.9. The Kier molecular flexibility index (Phi) is 14.4. The molecule has 8 N–H and O–H groups in total. The highest BCUT2D eigenvalue weighted by atomic mass is 32.2. The molecule has 0 radical (unpaired) electrons. The Morgan fingerprint density at radius 2 is 1.11 bits per heavy atom. The number of ether oxygens (including phenoxy) is 1. The summed E-state index contributed by atoms with van der Waals surface area (Å²) in [6.07, 6.45) is 0. The van der Waals surface area contributed by atoms with E-state index in [1.54, 1.807) is 30.3 Å². The molecule has 0 aliphatic heterocycles. The van der Waals surface area contributed by atoms with E-state index in [2.05, 4.69) is 46.2 Å². The van der Waals surface area contributed by atoms with Gasteiger partial charge in [-0.15, -0.1) is 35.8 Å². The summed E-state index contributed by atoms with van der Waals surface area (Å²) in [5.74, 6) is -2.66. The van der Waals surface area contributed by atoms with Gasteiger partial charge >= 0.3 is 5.97 Å². The van der Waals surface area contributed by atoms with Crippen molar-refractivity contribution < 1.29 is 62.9 Å². The van der Waals surface area contributed by atoms with Crippen LogP contribution in [0.3, 0.4) is 0 Å². The molecule has 5 rings (SSSR count). The van der Waals surface area contributed by atoms with Gasteiger partial charge in [0.25, 0.3) is 20.2 Å². The first-order valence-corrected chi connectivity index (χ1v) is 21.7. The molecule has 63 heavy (non-hydrogen) atoms. The number of carboxylic acid groups (broad SMARTS) is 1. The predicted octanol–water partition coefficient (Wildman–Crippen LogP) is 7.15. The third kappa shape index (κ3) is 11.2. The average Bonchev–Trinajstić information content (AvgIpc) is 3.21. The molecular formula is C34H27N11O14S4-2. The van der Waals surface area contributed by atoms with Crippen LogP contribution >= 0.6 is 0 Å². The maximum absolute atomic E-state index is 12.9. The van der Waals surface area contributed by atoms with E-state index in [9.17, 15) is 58.2 Å². The first-order valence-electron chi connectivity index (χ1n) is 16.7. The summed E-state index contributed by atoms with van der Waals surface area (Å²) in [5.41, 5.74) is 7.32. The lowest BCUT2D eigenvalue weighted by atomic mass is 10.1. The van der Waals surface area contributed by atoms with Gasteiger partial charge in [0.1, 0.15) is 60.9 Å². The lowest BCUT2D eigenvalue weighted by Gasteiger charge is -2.14. The number of nitrogen functional groups attached to an aromatic ring is 2. The van der Waals surface area contributed by atoms with Crippen LogP contribution in [-0.2, 0) is 47.2 Å². The predicted molar refractivity (Wildman–Crippen MR) is 220 cm³/mol. The van der Waals surface area contributed by atoms with Crippen molar-refractivity contribution in [3.05, 3.63) is 84.4 Å². The number of carbonyl (C=O) groups excluding carboxylic acids is 1. The lowest BCUT2D eigenvalue weighted by Crippen LogP contribution is -2.06. The topological polar surface area (TPSA) is 416 Å². The summed E-state index contributed by atoms with van der Waals surface area (Å²) in [6, 6.07) is 15.2. The van der Waals surface area contributed by atoms with Crippen molar-refractivity contribution in [2.75, 3.05) is 23.9 Å². The zero-order valence-electron chi connectivity index (χ0n) is 31.7. The van der Waals surface area contributed by atoms with Gasteiger partial charge < -0.3 is 35.7 Å². The van der Waals surface area contributed by atoms with Crippen LogP contribution in [0.2, 0.25) is 0 Å². The number of anilines is 3. The Bertz CT molecular complexity index is 3080. The molecule has 0 saturated carbocycles. The van der Waals surface area contributed by atoms with Gasteiger partial charge in [-0.2, -0.15) is 21.9 Å². The number of methoxy groups -OCH3 is 1. The van der Waals surface area contributed by atoms with Crippen LogP contribution in [0, 0.1) is 0 Å². The van der Waals surface area contributed by atoms with Crippen molar-refractivity contribution in [3.63, 3.8) is 0 Å². The van der Waals surface area contributed by atoms with Gasteiger partial charge in [-0.25, -0.2) is 4.79 Å². The van der Waals surface area contributed by atoms with Gasteiger partial charge in [0.05, 0.1) is 29.9 Å². The van der Waals surface area contributed by atoms with E-state index in [4.69, 9.17) is 16.2 Å². The molecule has 5 aromatic carbocycles. The number of amides is 1. The molecule has 0 spiro atoms. The molecule has 0 heterocycles. The van der Waals surface area contributed by atoms with Crippen molar-refractivity contribution in [3.8, 4) is 5.75 Å². The monoisotopic (exact) mass is 941 g/mol. The standard InChI is InChI=1S/C34H29N11O14S4/c1-16(46)37-22-14-24(25(59-2)15-23(22)41-39-20-10-8-18(60(49)50)12-26(20)62(53,54)55)42-44-32-28(34(47)48)31(29(35)33(30(32)36)45-38-17-6-4-3-5-7-17)43-40-21-11-9-19(61(51)52)13-27(21)63(56,57)58/h3-15H,35-36H2,1-2H3,(H,37,46)(H,47,48)(H,49,50)(H,51,52)(H,53,54,55)(H,56,57,58)/p-2. The highest BCUT2D eigenvalue weighted by molar-refractivity contribution is 7.86. The molecule has 0 fully saturated rings. The second-order valence-electron chi connectivity index (χ2n) is 12.1. The average molecular weight is 942 g/mol. The number of carboxylic acids is 1. The highest BCUT2D eigenvalue weighted by Crippen LogP contribution is 2.50. The number of aromatic carboxylic acids is 1. The maximum Gasteiger partial charge on any atom is 0.340 e. The molecule has 29 heteroatoms. The lowest BCUT2D eigenvalue weighted by molar-refractivity contribution is -0.114. The molecule has 0 bridgehead atoms. The number of nitrogens with zero attached hydrogens (tertiary/aromatic N) is 8. The van der Waals surface area contributed by atoms with Gasteiger partial charge in [0.2, 0.25) is 5.91 Å². The van der Waals surface area contributed by atoms with E-state index < -0.39 is 119 Å². The molecule has 1 amide bonds. The fourth-order valence-corrected chi connectivity index (χ4v) is 7.37. The Morgan fingerprint density at radius 1 is 0.651 bits per heavy atom. The Morgan fingerprint density at radius 3 is 1.56 bits per heavy atom. The van der Waals surface area contributed by atoms with Crippen LogP contribution < -0.4 is 21.5 Å². The van der Waals surface area contributed by atoms with Crippen molar-refractivity contribution >= 4 is 117 Å². The van der Waals surface area contributed by atoms with E-state index in [1.807, 2.05) is 0 Å². The minimum atomic E-state index is -5.15. The molecule has 0 aliphatic carbocycles. The molecule has 2 unspecified atom stereocenters. The van der Waals surface area contributed by atoms with Gasteiger partial charge in [0.15, 0.2) is 0 Å². The molecule has 0 aliphatic rings. The summed E-state index contributed by atoms with van der Waals surface area (Å²) in [7, 11) is -9.02. The zero-order valence-corrected chi connectivity index (χ0v) is 35.0. The van der Waals surface area contributed by atoms with E-state index in [1.165, 1.54) is 0 Å². The number of hydrogen-bond acceptors (Lipinski definition) is 21. The highest BCUT2D eigenvalue weighted by Gasteiger charge is 2.28. The minimum absolute atomic E-state index is 0.177. The number of benzene rings is 5. The molecular weight excluding hydrogens is 915 g/mol. The Balaban J connectivity index is 1.73. The summed E-state index contributed by atoms with van der Waals surface area (Å²) in [5, 5.41) is 44.5. The van der Waals surface area contributed by atoms with Crippen molar-refractivity contribution in [1.82, 2.24) is 0 Å². The van der Waals surface area contributed by atoms with Crippen LogP contribution in [0.25, 0.3) is 0 Å². The van der Waals surface area contributed by atoms with E-state index in [0.717, 1.165) is 50.4 Å². The van der Waals surface area contributed by atoms with Gasteiger partial charge in [0, 0.05) is 22.8 Å². The summed E-state index contributed by atoms with van der Waals surface area (Å²) < 4.78 is 119. The number of azo groups is 4. The third-order valence-electron chi connectivity index (χ3n) is 7.92. The van der Waals surface area contributed by atoms with E-state index in [-0.39, 0.29) is 28.5 Å². The van der Waals surface area contributed by atoms with Crippen molar-refractivity contribution in [2.24, 2.45) is 40.9 Å². The first-order chi connectivity index (χ1) is 29.6. The Hall–Kier alpha value is -7.12. The van der Waals surface area contributed by atoms with Crippen LogP contribution in [0.5, 0.6) is 5.75 Å². The number of nitrogens with two attached hydrogens (primary N) is 2. The number of nitrogens with one attached hydrogen (secondary N) is 1. The van der Waals surface area contributed by atoms with Gasteiger partial charge in [-0.1, -0.05) is 18.2 Å². The first kappa shape index (κ1) is 46.9. The van der Waals surface area contributed by atoms with Gasteiger partial charge in [-0.05, 0) is 76.8 Å². The SMILES string of the molecule is COc1cc(N=Nc2ccc(S(=O)[O-])cc2S(=O)(=O)O)c(NC(C)=O)cc1N=Nc1c(N)c(N=Nc2ccccc2)c(N)c(N=Nc2ccc(S(=O)[O-])cc2S(=O)(=O)O)c1C(=O)O. The molecule has 0 aromatic heterocycles. The molecule has 5 aromatic rings. The Labute approximate surface area is 359 Å². The summed E-state index contributed by atoms with van der Waals surface area (Å²) >= 11 is -5.83. The number of hydrogen-bond donors (Lipinski definition) is 6. The minimum Gasteiger partial charge on any atom is -0.768 e. The van der Waals surface area contributed by atoms with Crippen LogP contribution in [0.1, 0.15) is 17.3 Å². The molecule has 328 valence electrons. The zero-order chi connectivity index (χ0) is 46.4. The summed E-state index contributed by atoms with van der Waals surface area (Å²) in [4.78, 5) is 22.2. The molecule has 0 saturated heterocycles. The second-order valence-corrected chi connectivity index (χ2v) is 16.8. The van der Waals surface area contributed by atoms with Crippen LogP contribution in [0.4, 0.5) is 62.6 Å². The normalized spacial score (nSPS) is 13.2. The van der Waals surface area contributed by atoms with E-state index in [0.29, 0.717) is 12.1 Å². The number of rotatable bonds is 15. The van der Waals surface area contributed by atoms with Crippen LogP contribution in [0.15, 0.2) is 139 Å². The fraction of sp³-hybridized carbons (Fsp3) is 0.0588. The second kappa shape index (κ2) is 19.3. The van der Waals surface area contributed by atoms with Crippen molar-refractivity contribution in [2.45, 2.75) is 26.5 Å². The van der Waals surface area contributed by atoms with Gasteiger partial charge in [-0.3, -0.25) is 22.3 Å².